The zero-order valence-electron chi connectivity index (χ0n) is 23.1. The predicted molar refractivity (Wildman–Crippen MR) is 157 cm³/mol. The summed E-state index contributed by atoms with van der Waals surface area (Å²) in [5.41, 5.74) is 14.8. The van der Waals surface area contributed by atoms with Crippen LogP contribution in [0.25, 0.3) is 23.1 Å². The number of ether oxygens (including phenoxy) is 2. The Labute approximate surface area is 237 Å². The lowest BCUT2D eigenvalue weighted by Gasteiger charge is -2.27. The van der Waals surface area contributed by atoms with Crippen molar-refractivity contribution in [1.29, 1.82) is 0 Å². The molecule has 41 heavy (non-hydrogen) atoms. The van der Waals surface area contributed by atoms with Crippen LogP contribution in [0.1, 0.15) is 70.8 Å². The number of benzene rings is 2. The first-order valence-electron chi connectivity index (χ1n) is 13.5. The second-order valence-electron chi connectivity index (χ2n) is 10.2. The number of hydrogen-bond acceptors (Lipinski definition) is 9. The Morgan fingerprint density at radius 1 is 1.10 bits per heavy atom. The van der Waals surface area contributed by atoms with Gasteiger partial charge in [0.05, 0.1) is 31.3 Å². The van der Waals surface area contributed by atoms with Gasteiger partial charge in [-0.25, -0.2) is 4.98 Å². The zero-order valence-corrected chi connectivity index (χ0v) is 23.1. The number of aromatic carboxylic acids is 1. The molecule has 4 N–H and O–H groups in total. The topological polar surface area (TPSA) is 158 Å². The zero-order chi connectivity index (χ0) is 29.1. The quantitative estimate of drug-likeness (QED) is 0.310. The highest BCUT2D eigenvalue weighted by Crippen LogP contribution is 2.35. The summed E-state index contributed by atoms with van der Waals surface area (Å²) in [6.45, 7) is 0. The van der Waals surface area contributed by atoms with Crippen LogP contribution in [0.3, 0.4) is 0 Å². The Balaban J connectivity index is 1.56. The van der Waals surface area contributed by atoms with Crippen molar-refractivity contribution in [2.75, 3.05) is 25.7 Å². The number of anilines is 2. The van der Waals surface area contributed by atoms with E-state index in [0.717, 1.165) is 54.4 Å². The number of nitrogens with zero attached hydrogens (tertiary/aromatic N) is 3. The third kappa shape index (κ3) is 5.72. The molecule has 10 nitrogen and oxygen atoms in total. The number of nitrogen functional groups attached to an aromatic ring is 2. The molecule has 0 radical (unpaired) electrons. The molecule has 2 aromatic heterocycles. The van der Waals surface area contributed by atoms with Crippen molar-refractivity contribution in [2.24, 2.45) is 0 Å². The van der Waals surface area contributed by atoms with Gasteiger partial charge in [0.15, 0.2) is 16.9 Å². The Morgan fingerprint density at radius 3 is 2.56 bits per heavy atom. The average molecular weight is 555 g/mol. The highest BCUT2D eigenvalue weighted by molar-refractivity contribution is 5.92. The molecular weight excluding hydrogens is 522 g/mol. The van der Waals surface area contributed by atoms with Crippen molar-refractivity contribution in [3.63, 3.8) is 0 Å². The third-order valence-corrected chi connectivity index (χ3v) is 7.58. The fraction of sp³-hybridized carbons (Fsp3) is 0.290. The number of rotatable bonds is 8. The molecule has 0 amide bonds. The summed E-state index contributed by atoms with van der Waals surface area (Å²) in [5, 5.41) is 12.1. The molecule has 0 spiro atoms. The lowest BCUT2D eigenvalue weighted by molar-refractivity contribution is -0.255. The molecular formula is C31H32N5O5-. The van der Waals surface area contributed by atoms with Crippen molar-refractivity contribution in [3.05, 3.63) is 80.8 Å². The number of aromatic nitrogens is 3. The van der Waals surface area contributed by atoms with Crippen LogP contribution in [0.5, 0.6) is 11.5 Å². The molecule has 1 saturated carbocycles. The predicted octanol–water partition coefficient (Wildman–Crippen LogP) is 3.60. The second-order valence-corrected chi connectivity index (χ2v) is 10.2. The molecule has 0 atom stereocenters. The van der Waals surface area contributed by atoms with Gasteiger partial charge in [-0.2, -0.15) is 4.98 Å². The van der Waals surface area contributed by atoms with E-state index in [0.29, 0.717) is 34.6 Å². The number of methoxy groups -OCH3 is 2. The maximum Gasteiger partial charge on any atom is 0.221 e. The molecule has 1 aliphatic rings. The highest BCUT2D eigenvalue weighted by Gasteiger charge is 2.19. The second kappa shape index (κ2) is 11.7. The largest absolute Gasteiger partial charge is 0.545 e. The molecule has 0 unspecified atom stereocenters. The Morgan fingerprint density at radius 2 is 1.88 bits per heavy atom. The number of carbonyl (C=O) groups excluding carboxylic acids is 1. The molecule has 0 aliphatic heterocycles. The van der Waals surface area contributed by atoms with E-state index in [2.05, 4.69) is 9.97 Å². The highest BCUT2D eigenvalue weighted by atomic mass is 16.5. The standard InChI is InChI=1S/C31H33N5O5/c1-40-26-15-19(13-21-16-34-31(33)35-29(21)32)12-20(28(26)41-2)10-8-18-9-11-23-25(14-18)36(22-6-4-3-5-7-22)17-24(27(23)37)30(38)39/h8-12,14-17,22H,3-7,13H2,1-2H3,(H,38,39)(H4,32,33,34,35)/p-1/b10-8+. The summed E-state index contributed by atoms with van der Waals surface area (Å²) in [4.78, 5) is 32.8. The SMILES string of the molecule is COc1cc(Cc2cnc(N)nc2N)cc(/C=C/c2ccc3c(=O)c(C(=O)[O-])cn(C4CCCCC4)c3c2)c1OC. The minimum Gasteiger partial charge on any atom is -0.545 e. The summed E-state index contributed by atoms with van der Waals surface area (Å²) >= 11 is 0. The fourth-order valence-corrected chi connectivity index (χ4v) is 5.53. The van der Waals surface area contributed by atoms with Gasteiger partial charge in [-0.1, -0.05) is 37.5 Å². The van der Waals surface area contributed by atoms with E-state index in [1.165, 1.54) is 6.20 Å². The first-order chi connectivity index (χ1) is 19.8. The summed E-state index contributed by atoms with van der Waals surface area (Å²) < 4.78 is 13.2. The molecule has 0 saturated heterocycles. The number of carbonyl (C=O) groups is 1. The van der Waals surface area contributed by atoms with Gasteiger partial charge in [0, 0.05) is 41.4 Å². The number of pyridine rings is 1. The van der Waals surface area contributed by atoms with Gasteiger partial charge < -0.3 is 35.4 Å². The van der Waals surface area contributed by atoms with Crippen molar-refractivity contribution in [2.45, 2.75) is 44.6 Å². The molecule has 1 fully saturated rings. The average Bonchev–Trinajstić information content (AvgIpc) is 2.97. The van der Waals surface area contributed by atoms with Crippen LogP contribution in [0.4, 0.5) is 11.8 Å². The van der Waals surface area contributed by atoms with Gasteiger partial charge >= 0.3 is 0 Å². The molecule has 212 valence electrons. The van der Waals surface area contributed by atoms with Crippen LogP contribution >= 0.6 is 0 Å². The minimum atomic E-state index is -1.46. The van der Waals surface area contributed by atoms with E-state index in [4.69, 9.17) is 20.9 Å². The van der Waals surface area contributed by atoms with Gasteiger partial charge in [0.2, 0.25) is 5.95 Å². The normalized spacial score (nSPS) is 14.0. The number of fused-ring (bicyclic) bond motifs is 1. The van der Waals surface area contributed by atoms with Gasteiger partial charge in [-0.3, -0.25) is 4.79 Å². The van der Waals surface area contributed by atoms with E-state index in [-0.39, 0.29) is 17.6 Å². The van der Waals surface area contributed by atoms with Crippen LogP contribution in [0.2, 0.25) is 0 Å². The van der Waals surface area contributed by atoms with Crippen LogP contribution in [0, 0.1) is 0 Å². The first-order valence-corrected chi connectivity index (χ1v) is 13.5. The Bertz CT molecular complexity index is 1710. The molecule has 5 rings (SSSR count). The molecule has 4 aromatic rings. The summed E-state index contributed by atoms with van der Waals surface area (Å²) in [6.07, 6.45) is 12.5. The first kappa shape index (κ1) is 27.7. The summed E-state index contributed by atoms with van der Waals surface area (Å²) in [5.74, 6) is 0.0823. The maximum absolute atomic E-state index is 13.0. The molecule has 1 aliphatic carbocycles. The Hall–Kier alpha value is -4.86. The van der Waals surface area contributed by atoms with Gasteiger partial charge in [0.25, 0.3) is 0 Å². The van der Waals surface area contributed by atoms with Crippen molar-refractivity contribution in [1.82, 2.24) is 14.5 Å². The van der Waals surface area contributed by atoms with E-state index in [1.54, 1.807) is 32.5 Å². The number of carboxylic acid groups (broad SMARTS) is 1. The molecule has 10 heteroatoms. The number of nitrogens with two attached hydrogens (primary N) is 2. The van der Waals surface area contributed by atoms with Crippen molar-refractivity contribution < 1.29 is 19.4 Å². The molecule has 2 heterocycles. The van der Waals surface area contributed by atoms with Crippen LogP contribution < -0.4 is 31.5 Å². The van der Waals surface area contributed by atoms with Crippen LogP contribution in [-0.4, -0.2) is 34.7 Å². The van der Waals surface area contributed by atoms with Gasteiger partial charge in [-0.05, 0) is 48.2 Å². The number of hydrogen-bond donors (Lipinski definition) is 2. The summed E-state index contributed by atoms with van der Waals surface area (Å²) in [6, 6.07) is 9.36. The molecule has 0 bridgehead atoms. The fourth-order valence-electron chi connectivity index (χ4n) is 5.53. The smallest absolute Gasteiger partial charge is 0.221 e. The molecule has 2 aromatic carbocycles. The lowest BCUT2D eigenvalue weighted by Crippen LogP contribution is -2.31. The summed E-state index contributed by atoms with van der Waals surface area (Å²) in [7, 11) is 3.15. The van der Waals surface area contributed by atoms with E-state index < -0.39 is 11.4 Å². The lowest BCUT2D eigenvalue weighted by atomic mass is 9.94. The van der Waals surface area contributed by atoms with E-state index in [9.17, 15) is 14.7 Å². The van der Waals surface area contributed by atoms with E-state index in [1.807, 2.05) is 34.9 Å². The van der Waals surface area contributed by atoms with E-state index >= 15 is 0 Å². The third-order valence-electron chi connectivity index (χ3n) is 7.58. The monoisotopic (exact) mass is 554 g/mol. The maximum atomic E-state index is 13.0. The number of carboxylic acids is 1. The van der Waals surface area contributed by atoms with Crippen molar-refractivity contribution in [3.8, 4) is 11.5 Å². The minimum absolute atomic E-state index is 0.113. The Kier molecular flexibility index (Phi) is 7.91. The van der Waals surface area contributed by atoms with Gasteiger partial charge in [0.1, 0.15) is 5.82 Å². The van der Waals surface area contributed by atoms with Gasteiger partial charge in [-0.15, -0.1) is 0 Å². The van der Waals surface area contributed by atoms with Crippen LogP contribution in [-0.2, 0) is 6.42 Å². The van der Waals surface area contributed by atoms with Crippen LogP contribution in [0.15, 0.2) is 47.5 Å². The van der Waals surface area contributed by atoms with Crippen molar-refractivity contribution >= 4 is 40.8 Å².